The van der Waals surface area contributed by atoms with Crippen molar-refractivity contribution in [2.45, 2.75) is 38.8 Å². The first-order valence-corrected chi connectivity index (χ1v) is 8.71. The number of carbonyl (C=O) groups excluding carboxylic acids is 1. The minimum absolute atomic E-state index is 0.0148. The van der Waals surface area contributed by atoms with E-state index >= 15 is 0 Å². The minimum Gasteiger partial charge on any atom is -0.385 e. The van der Waals surface area contributed by atoms with Gasteiger partial charge in [0.2, 0.25) is 0 Å². The third-order valence-electron chi connectivity index (χ3n) is 4.70. The van der Waals surface area contributed by atoms with E-state index in [1.54, 1.807) is 22.0 Å². The lowest BCUT2D eigenvalue weighted by Crippen LogP contribution is -2.44. The van der Waals surface area contributed by atoms with Gasteiger partial charge in [-0.05, 0) is 26.7 Å². The molecule has 0 aromatic carbocycles. The molecule has 8 nitrogen and oxygen atoms in total. The Kier molecular flexibility index (Phi) is 5.08. The number of nitrogens with one attached hydrogen (secondary N) is 1. The zero-order valence-corrected chi connectivity index (χ0v) is 15.0. The molecular formula is C17H26N6O2. The number of rotatable bonds is 4. The Balaban J connectivity index is 1.62. The van der Waals surface area contributed by atoms with Crippen LogP contribution in [0.4, 0.5) is 10.5 Å². The van der Waals surface area contributed by atoms with Crippen LogP contribution in [0.5, 0.6) is 0 Å². The molecule has 8 heteroatoms. The van der Waals surface area contributed by atoms with Crippen molar-refractivity contribution in [3.63, 3.8) is 0 Å². The van der Waals surface area contributed by atoms with E-state index < -0.39 is 6.10 Å². The van der Waals surface area contributed by atoms with Crippen molar-refractivity contribution in [3.8, 4) is 0 Å². The van der Waals surface area contributed by atoms with Crippen molar-refractivity contribution in [2.24, 2.45) is 13.0 Å². The van der Waals surface area contributed by atoms with Crippen LogP contribution in [0.2, 0.25) is 0 Å². The van der Waals surface area contributed by atoms with E-state index in [0.29, 0.717) is 24.6 Å². The number of amides is 2. The van der Waals surface area contributed by atoms with Gasteiger partial charge >= 0.3 is 6.03 Å². The average molecular weight is 346 g/mol. The molecule has 2 N–H and O–H groups in total. The number of aromatic nitrogens is 4. The first kappa shape index (κ1) is 17.5. The smallest absolute Gasteiger partial charge is 0.321 e. The van der Waals surface area contributed by atoms with Gasteiger partial charge < -0.3 is 19.9 Å². The minimum atomic E-state index is -0.667. The lowest BCUT2D eigenvalue weighted by molar-refractivity contribution is 0.0552. The number of hydrogen-bond donors (Lipinski definition) is 2. The Labute approximate surface area is 147 Å². The van der Waals surface area contributed by atoms with E-state index in [-0.39, 0.29) is 18.0 Å². The van der Waals surface area contributed by atoms with Crippen LogP contribution in [0.1, 0.15) is 44.7 Å². The summed E-state index contributed by atoms with van der Waals surface area (Å²) in [7, 11) is 1.87. The SMILES string of the molecule is CC(C)n1cc(NC(=O)N2CCCC(C(O)c3nccn3C)C2)cn1. The standard InChI is InChI=1S/C17H26N6O2/c1-12(2)23-11-14(9-19-23)20-17(25)22-7-4-5-13(10-22)15(24)16-18-6-8-21(16)3/h6,8-9,11-13,15,24H,4-5,7,10H2,1-3H3,(H,20,25). The molecule has 1 saturated heterocycles. The topological polar surface area (TPSA) is 88.2 Å². The summed E-state index contributed by atoms with van der Waals surface area (Å²) in [6.45, 7) is 5.27. The van der Waals surface area contributed by atoms with E-state index in [9.17, 15) is 9.90 Å². The normalized spacial score (nSPS) is 19.2. The number of carbonyl (C=O) groups is 1. The van der Waals surface area contributed by atoms with Crippen molar-refractivity contribution < 1.29 is 9.90 Å². The maximum Gasteiger partial charge on any atom is 0.321 e. The largest absolute Gasteiger partial charge is 0.385 e. The Morgan fingerprint density at radius 2 is 2.24 bits per heavy atom. The van der Waals surface area contributed by atoms with Crippen LogP contribution < -0.4 is 5.32 Å². The highest BCUT2D eigenvalue weighted by atomic mass is 16.3. The highest BCUT2D eigenvalue weighted by Crippen LogP contribution is 2.29. The maximum atomic E-state index is 12.5. The van der Waals surface area contributed by atoms with Crippen LogP contribution in [0, 0.1) is 5.92 Å². The Hall–Kier alpha value is -2.35. The van der Waals surface area contributed by atoms with Crippen LogP contribution in [0.3, 0.4) is 0 Å². The van der Waals surface area contributed by atoms with Crippen LogP contribution in [0.25, 0.3) is 0 Å². The number of urea groups is 1. The molecule has 0 spiro atoms. The number of hydrogen-bond acceptors (Lipinski definition) is 4. The van der Waals surface area contributed by atoms with Crippen LogP contribution in [-0.4, -0.2) is 48.5 Å². The van der Waals surface area contributed by atoms with Gasteiger partial charge in [-0.15, -0.1) is 0 Å². The number of nitrogens with zero attached hydrogens (tertiary/aromatic N) is 5. The second-order valence-corrected chi connectivity index (χ2v) is 6.92. The van der Waals surface area contributed by atoms with Crippen LogP contribution in [-0.2, 0) is 7.05 Å². The van der Waals surface area contributed by atoms with Gasteiger partial charge in [0, 0.05) is 50.7 Å². The third kappa shape index (κ3) is 3.84. The van der Waals surface area contributed by atoms with Gasteiger partial charge in [-0.3, -0.25) is 4.68 Å². The molecule has 2 amide bonds. The van der Waals surface area contributed by atoms with Crippen molar-refractivity contribution >= 4 is 11.7 Å². The predicted molar refractivity (Wildman–Crippen MR) is 94.1 cm³/mol. The first-order chi connectivity index (χ1) is 12.0. The summed E-state index contributed by atoms with van der Waals surface area (Å²) in [4.78, 5) is 18.5. The molecule has 0 bridgehead atoms. The molecule has 3 heterocycles. The molecule has 136 valence electrons. The highest BCUT2D eigenvalue weighted by Gasteiger charge is 2.31. The summed E-state index contributed by atoms with van der Waals surface area (Å²) in [5.74, 6) is 0.629. The molecule has 25 heavy (non-hydrogen) atoms. The van der Waals surface area contributed by atoms with Gasteiger partial charge in [0.1, 0.15) is 11.9 Å². The number of aliphatic hydroxyl groups excluding tert-OH is 1. The van der Waals surface area contributed by atoms with E-state index in [4.69, 9.17) is 0 Å². The quantitative estimate of drug-likeness (QED) is 0.888. The molecule has 0 radical (unpaired) electrons. The third-order valence-corrected chi connectivity index (χ3v) is 4.70. The van der Waals surface area contributed by atoms with Crippen molar-refractivity contribution in [3.05, 3.63) is 30.6 Å². The number of aryl methyl sites for hydroxylation is 1. The zero-order chi connectivity index (χ0) is 18.0. The number of piperidine rings is 1. The van der Waals surface area contributed by atoms with Gasteiger partial charge in [-0.2, -0.15) is 5.10 Å². The molecule has 2 aromatic heterocycles. The number of imidazole rings is 1. The lowest BCUT2D eigenvalue weighted by atomic mass is 9.92. The fraction of sp³-hybridized carbons (Fsp3) is 0.588. The Morgan fingerprint density at radius 1 is 1.44 bits per heavy atom. The van der Waals surface area contributed by atoms with Crippen LogP contribution in [0.15, 0.2) is 24.8 Å². The highest BCUT2D eigenvalue weighted by molar-refractivity contribution is 5.89. The zero-order valence-electron chi connectivity index (χ0n) is 15.0. The molecule has 0 aliphatic carbocycles. The molecule has 3 rings (SSSR count). The van der Waals surface area contributed by atoms with Gasteiger partial charge in [0.05, 0.1) is 11.9 Å². The summed E-state index contributed by atoms with van der Waals surface area (Å²) in [6, 6.07) is 0.0954. The Morgan fingerprint density at radius 3 is 2.88 bits per heavy atom. The summed E-state index contributed by atoms with van der Waals surface area (Å²) in [6.07, 6.45) is 8.05. The van der Waals surface area contributed by atoms with Gasteiger partial charge in [-0.1, -0.05) is 0 Å². The Bertz CT molecular complexity index is 722. The van der Waals surface area contributed by atoms with E-state index in [1.807, 2.05) is 37.9 Å². The first-order valence-electron chi connectivity index (χ1n) is 8.71. The fourth-order valence-electron chi connectivity index (χ4n) is 3.21. The lowest BCUT2D eigenvalue weighted by Gasteiger charge is -2.34. The summed E-state index contributed by atoms with van der Waals surface area (Å²) >= 11 is 0. The number of anilines is 1. The van der Waals surface area contributed by atoms with Gasteiger partial charge in [0.15, 0.2) is 0 Å². The van der Waals surface area contributed by atoms with Gasteiger partial charge in [0.25, 0.3) is 0 Å². The average Bonchev–Trinajstić information content (AvgIpc) is 3.23. The molecule has 0 saturated carbocycles. The van der Waals surface area contributed by atoms with Crippen molar-refractivity contribution in [2.75, 3.05) is 18.4 Å². The monoisotopic (exact) mass is 346 g/mol. The van der Waals surface area contributed by atoms with E-state index in [0.717, 1.165) is 12.8 Å². The second kappa shape index (κ2) is 7.26. The predicted octanol–water partition coefficient (Wildman–Crippen LogP) is 2.17. The molecule has 2 atom stereocenters. The molecule has 2 unspecified atom stereocenters. The molecular weight excluding hydrogens is 320 g/mol. The number of aliphatic hydroxyl groups is 1. The summed E-state index contributed by atoms with van der Waals surface area (Å²) in [5.41, 5.74) is 0.686. The van der Waals surface area contributed by atoms with Crippen molar-refractivity contribution in [1.29, 1.82) is 0 Å². The summed E-state index contributed by atoms with van der Waals surface area (Å²) in [5, 5.41) is 17.7. The second-order valence-electron chi connectivity index (χ2n) is 6.92. The van der Waals surface area contributed by atoms with Crippen molar-refractivity contribution in [1.82, 2.24) is 24.2 Å². The maximum absolute atomic E-state index is 12.5. The van der Waals surface area contributed by atoms with E-state index in [2.05, 4.69) is 15.4 Å². The van der Waals surface area contributed by atoms with E-state index in [1.165, 1.54) is 0 Å². The van der Waals surface area contributed by atoms with Crippen LogP contribution >= 0.6 is 0 Å². The molecule has 1 aliphatic rings. The summed E-state index contributed by atoms with van der Waals surface area (Å²) < 4.78 is 3.63. The fourth-order valence-corrected chi connectivity index (χ4v) is 3.21. The van der Waals surface area contributed by atoms with Gasteiger partial charge in [-0.25, -0.2) is 9.78 Å². The molecule has 1 fully saturated rings. The number of likely N-dealkylation sites (tertiary alicyclic amines) is 1. The molecule has 1 aliphatic heterocycles. The molecule has 2 aromatic rings.